The quantitative estimate of drug-likeness (QED) is 0.758. The van der Waals surface area contributed by atoms with Gasteiger partial charge in [0.1, 0.15) is 0 Å². The van der Waals surface area contributed by atoms with E-state index in [0.29, 0.717) is 11.4 Å². The molecule has 0 aromatic heterocycles. The number of hydrogen-bond acceptors (Lipinski definition) is 4. The Balaban J connectivity index is 1.75. The van der Waals surface area contributed by atoms with Crippen LogP contribution < -0.4 is 15.1 Å². The Labute approximate surface area is 139 Å². The number of quaternary nitrogens is 1. The van der Waals surface area contributed by atoms with Crippen LogP contribution in [0.25, 0.3) is 0 Å². The Hall–Kier alpha value is -1.86. The van der Waals surface area contributed by atoms with Crippen LogP contribution in [0.3, 0.4) is 0 Å². The lowest BCUT2D eigenvalue weighted by atomic mass is 10.2. The molecule has 2 aliphatic rings. The average Bonchev–Trinajstić information content (AvgIpc) is 2.83. The minimum Gasteiger partial charge on any atom is -0.326 e. The molecule has 6 nitrogen and oxygen atoms in total. The number of carbonyl (C=O) groups excluding carboxylic acids is 3. The number of hydrogen-bond donors (Lipinski definition) is 2. The molecule has 2 saturated heterocycles. The number of amides is 3. The molecule has 7 heteroatoms. The van der Waals surface area contributed by atoms with Crippen LogP contribution in [0, 0.1) is 0 Å². The zero-order valence-electron chi connectivity index (χ0n) is 13.0. The maximum absolute atomic E-state index is 12.7. The summed E-state index contributed by atoms with van der Waals surface area (Å²) in [6.45, 7) is 3.30. The highest BCUT2D eigenvalue weighted by Gasteiger charge is 2.45. The third-order valence-corrected chi connectivity index (χ3v) is 5.21. The second-order valence-corrected chi connectivity index (χ2v) is 7.05. The number of nitrogens with zero attached hydrogens (tertiary/aromatic N) is 1. The molecule has 2 N–H and O–H groups in total. The summed E-state index contributed by atoms with van der Waals surface area (Å²) in [7, 11) is 0. The summed E-state index contributed by atoms with van der Waals surface area (Å²) in [6.07, 6.45) is 0.284. The van der Waals surface area contributed by atoms with Gasteiger partial charge in [-0.2, -0.15) is 11.8 Å². The van der Waals surface area contributed by atoms with Crippen molar-refractivity contribution >= 4 is 40.9 Å². The summed E-state index contributed by atoms with van der Waals surface area (Å²) in [5.74, 6) is 1.68. The zero-order chi connectivity index (χ0) is 16.4. The van der Waals surface area contributed by atoms with E-state index in [1.807, 2.05) is 11.8 Å². The van der Waals surface area contributed by atoms with E-state index in [2.05, 4.69) is 5.32 Å². The van der Waals surface area contributed by atoms with Crippen molar-refractivity contribution in [2.45, 2.75) is 19.4 Å². The van der Waals surface area contributed by atoms with E-state index in [9.17, 15) is 14.4 Å². The van der Waals surface area contributed by atoms with Crippen molar-refractivity contribution in [3.05, 3.63) is 24.3 Å². The fourth-order valence-corrected chi connectivity index (χ4v) is 4.12. The van der Waals surface area contributed by atoms with Gasteiger partial charge in [0.15, 0.2) is 6.04 Å². The van der Waals surface area contributed by atoms with E-state index in [0.717, 1.165) is 24.6 Å². The zero-order valence-corrected chi connectivity index (χ0v) is 13.8. The van der Waals surface area contributed by atoms with Crippen molar-refractivity contribution in [2.24, 2.45) is 0 Å². The van der Waals surface area contributed by atoms with E-state index in [1.165, 1.54) is 16.7 Å². The van der Waals surface area contributed by atoms with Crippen molar-refractivity contribution in [1.29, 1.82) is 0 Å². The number of imide groups is 1. The summed E-state index contributed by atoms with van der Waals surface area (Å²) in [6, 6.07) is 6.55. The SMILES string of the molecule is CC(=O)Nc1ccc(N2C(=O)C[C@@H]([NH+]3CCSCC3)C2=O)cc1. The number of anilines is 2. The summed E-state index contributed by atoms with van der Waals surface area (Å²) >= 11 is 1.90. The van der Waals surface area contributed by atoms with Gasteiger partial charge in [-0.05, 0) is 24.3 Å². The number of carbonyl (C=O) groups is 3. The molecule has 1 aromatic rings. The maximum Gasteiger partial charge on any atom is 0.292 e. The standard InChI is InChI=1S/C16H19N3O3S/c1-11(20)17-12-2-4-13(5-3-12)19-15(21)10-14(16(19)22)18-6-8-23-9-7-18/h2-5,14H,6-10H2,1H3,(H,17,20)/p+1/t14-/m1/s1. The largest absolute Gasteiger partial charge is 0.326 e. The monoisotopic (exact) mass is 334 g/mol. The second-order valence-electron chi connectivity index (χ2n) is 5.82. The van der Waals surface area contributed by atoms with Gasteiger partial charge in [0.05, 0.1) is 25.2 Å². The molecule has 122 valence electrons. The Kier molecular flexibility index (Phi) is 4.68. The first-order valence-electron chi connectivity index (χ1n) is 7.73. The van der Waals surface area contributed by atoms with Crippen molar-refractivity contribution < 1.29 is 19.3 Å². The third kappa shape index (κ3) is 3.40. The highest BCUT2D eigenvalue weighted by atomic mass is 32.2. The smallest absolute Gasteiger partial charge is 0.292 e. The predicted octanol–water partition coefficient (Wildman–Crippen LogP) is -0.0914. The topological polar surface area (TPSA) is 70.9 Å². The second kappa shape index (κ2) is 6.72. The first-order valence-corrected chi connectivity index (χ1v) is 8.88. The molecule has 3 amide bonds. The molecular formula is C16H20N3O3S+. The predicted molar refractivity (Wildman–Crippen MR) is 89.7 cm³/mol. The van der Waals surface area contributed by atoms with Crippen LogP contribution in [-0.4, -0.2) is 48.4 Å². The molecule has 2 aliphatic heterocycles. The molecule has 0 bridgehead atoms. The van der Waals surface area contributed by atoms with E-state index >= 15 is 0 Å². The van der Waals surface area contributed by atoms with E-state index < -0.39 is 0 Å². The lowest BCUT2D eigenvalue weighted by molar-refractivity contribution is -0.911. The molecule has 23 heavy (non-hydrogen) atoms. The van der Waals surface area contributed by atoms with Gasteiger partial charge in [-0.15, -0.1) is 0 Å². The molecule has 2 fully saturated rings. The Bertz CT molecular complexity index is 626. The number of benzene rings is 1. The Morgan fingerprint density at radius 2 is 1.87 bits per heavy atom. The van der Waals surface area contributed by atoms with Crippen LogP contribution >= 0.6 is 11.8 Å². The fourth-order valence-electron chi connectivity index (χ4n) is 3.10. The average molecular weight is 334 g/mol. The number of thioether (sulfide) groups is 1. The highest BCUT2D eigenvalue weighted by Crippen LogP contribution is 2.24. The Morgan fingerprint density at radius 3 is 2.48 bits per heavy atom. The molecule has 0 saturated carbocycles. The van der Waals surface area contributed by atoms with Gasteiger partial charge >= 0.3 is 0 Å². The van der Waals surface area contributed by atoms with Crippen molar-refractivity contribution in [3.63, 3.8) is 0 Å². The molecule has 0 spiro atoms. The molecule has 0 radical (unpaired) electrons. The molecule has 2 heterocycles. The summed E-state index contributed by atoms with van der Waals surface area (Å²) < 4.78 is 0. The third-order valence-electron chi connectivity index (χ3n) is 4.22. The van der Waals surface area contributed by atoms with Gasteiger partial charge < -0.3 is 10.2 Å². The highest BCUT2D eigenvalue weighted by molar-refractivity contribution is 7.99. The number of nitrogens with one attached hydrogen (secondary N) is 2. The van der Waals surface area contributed by atoms with Gasteiger partial charge in [-0.1, -0.05) is 0 Å². The number of rotatable bonds is 3. The first kappa shape index (κ1) is 16.0. The molecular weight excluding hydrogens is 314 g/mol. The maximum atomic E-state index is 12.7. The van der Waals surface area contributed by atoms with E-state index in [1.54, 1.807) is 24.3 Å². The van der Waals surface area contributed by atoms with Crippen LogP contribution in [0.5, 0.6) is 0 Å². The summed E-state index contributed by atoms with van der Waals surface area (Å²) in [4.78, 5) is 38.6. The molecule has 0 unspecified atom stereocenters. The van der Waals surface area contributed by atoms with Crippen molar-refractivity contribution in [2.75, 3.05) is 34.8 Å². The normalized spacial score (nSPS) is 22.5. The van der Waals surface area contributed by atoms with Gasteiger partial charge in [0.2, 0.25) is 11.8 Å². The molecule has 0 aliphatic carbocycles. The molecule has 1 atom stereocenters. The lowest BCUT2D eigenvalue weighted by Gasteiger charge is -2.27. The van der Waals surface area contributed by atoms with Crippen LogP contribution in [0.2, 0.25) is 0 Å². The van der Waals surface area contributed by atoms with Crippen LogP contribution in [0.15, 0.2) is 24.3 Å². The molecule has 1 aromatic carbocycles. The van der Waals surface area contributed by atoms with Crippen LogP contribution in [0.4, 0.5) is 11.4 Å². The van der Waals surface area contributed by atoms with E-state index in [4.69, 9.17) is 0 Å². The summed E-state index contributed by atoms with van der Waals surface area (Å²) in [5.41, 5.74) is 1.22. The van der Waals surface area contributed by atoms with Gasteiger partial charge in [-0.3, -0.25) is 14.4 Å². The Morgan fingerprint density at radius 1 is 1.22 bits per heavy atom. The van der Waals surface area contributed by atoms with E-state index in [-0.39, 0.29) is 30.2 Å². The summed E-state index contributed by atoms with van der Waals surface area (Å²) in [5, 5.41) is 2.67. The minimum absolute atomic E-state index is 0.107. The van der Waals surface area contributed by atoms with Crippen LogP contribution in [-0.2, 0) is 14.4 Å². The van der Waals surface area contributed by atoms with Gasteiger partial charge in [0, 0.05) is 24.1 Å². The van der Waals surface area contributed by atoms with Crippen molar-refractivity contribution in [1.82, 2.24) is 0 Å². The lowest BCUT2D eigenvalue weighted by Crippen LogP contribution is -3.18. The minimum atomic E-state index is -0.251. The van der Waals surface area contributed by atoms with Crippen molar-refractivity contribution in [3.8, 4) is 0 Å². The fraction of sp³-hybridized carbons (Fsp3) is 0.438. The molecule has 3 rings (SSSR count). The first-order chi connectivity index (χ1) is 11.1. The van der Waals surface area contributed by atoms with Crippen LogP contribution in [0.1, 0.15) is 13.3 Å². The van der Waals surface area contributed by atoms with Gasteiger partial charge in [0.25, 0.3) is 5.91 Å². The van der Waals surface area contributed by atoms with Gasteiger partial charge in [-0.25, -0.2) is 4.90 Å².